The van der Waals surface area contributed by atoms with E-state index in [9.17, 15) is 14.7 Å². The monoisotopic (exact) mass is 430 g/mol. The standard InChI is InChI=1S/C27H42O4/c1-16(9-12-22(29)31-5)18-10-11-20-24-21(13-15-27(18,20)4)26(3)14-7-6-8-19(26)23(17(2)28)25(24)30/h16,18-21,24,28H,6-15H2,1-5H3/t16?,18-,19+,20+,21+,24+,26+,27-/m1/s1. The minimum Gasteiger partial charge on any atom is -0.512 e. The molecule has 0 aromatic heterocycles. The molecule has 8 atom stereocenters. The summed E-state index contributed by atoms with van der Waals surface area (Å²) in [5.74, 6) is 2.58. The number of aliphatic hydroxyl groups excluding tert-OH is 1. The number of aliphatic hydroxyl groups is 1. The number of hydrogen-bond acceptors (Lipinski definition) is 4. The van der Waals surface area contributed by atoms with Gasteiger partial charge in [0, 0.05) is 17.9 Å². The van der Waals surface area contributed by atoms with Gasteiger partial charge in [-0.1, -0.05) is 33.6 Å². The SMILES string of the molecule is COC(=O)CCC(C)[C@H]1CC[C@H]2[C@@H]3C(=O)C(=C(C)O)[C@@H]4CCCC[C@]4(C)[C@H]3CC[C@]12C. The van der Waals surface area contributed by atoms with E-state index in [1.54, 1.807) is 6.92 Å². The van der Waals surface area contributed by atoms with E-state index >= 15 is 0 Å². The lowest BCUT2D eigenvalue weighted by Crippen LogP contribution is -2.57. The van der Waals surface area contributed by atoms with Crippen LogP contribution in [0.1, 0.15) is 91.9 Å². The van der Waals surface area contributed by atoms with Gasteiger partial charge in [-0.05, 0) is 92.3 Å². The van der Waals surface area contributed by atoms with E-state index in [-0.39, 0.29) is 40.2 Å². The largest absolute Gasteiger partial charge is 0.512 e. The summed E-state index contributed by atoms with van der Waals surface area (Å²) in [7, 11) is 1.46. The Morgan fingerprint density at radius 3 is 2.48 bits per heavy atom. The molecular weight excluding hydrogens is 388 g/mol. The van der Waals surface area contributed by atoms with E-state index in [2.05, 4.69) is 20.8 Å². The Labute approximate surface area is 188 Å². The van der Waals surface area contributed by atoms with Crippen molar-refractivity contribution in [1.29, 1.82) is 0 Å². The smallest absolute Gasteiger partial charge is 0.305 e. The molecule has 4 heteroatoms. The third kappa shape index (κ3) is 3.47. The van der Waals surface area contributed by atoms with Crippen molar-refractivity contribution in [1.82, 2.24) is 0 Å². The molecule has 4 aliphatic rings. The summed E-state index contributed by atoms with van der Waals surface area (Å²) in [5.41, 5.74) is 1.07. The second-order valence-electron chi connectivity index (χ2n) is 11.7. The summed E-state index contributed by atoms with van der Waals surface area (Å²) in [4.78, 5) is 25.6. The van der Waals surface area contributed by atoms with Crippen LogP contribution in [0.4, 0.5) is 0 Å². The number of allylic oxidation sites excluding steroid dienone is 2. The highest BCUT2D eigenvalue weighted by Gasteiger charge is 2.64. The van der Waals surface area contributed by atoms with Crippen LogP contribution in [0.5, 0.6) is 0 Å². The van der Waals surface area contributed by atoms with E-state index in [1.165, 1.54) is 32.8 Å². The molecule has 0 aliphatic heterocycles. The van der Waals surface area contributed by atoms with Gasteiger partial charge < -0.3 is 9.84 Å². The lowest BCUT2D eigenvalue weighted by molar-refractivity contribution is -0.147. The van der Waals surface area contributed by atoms with Crippen LogP contribution in [-0.4, -0.2) is 24.0 Å². The van der Waals surface area contributed by atoms with E-state index < -0.39 is 0 Å². The molecule has 0 aromatic carbocycles. The lowest BCUT2D eigenvalue weighted by Gasteiger charge is -2.60. The van der Waals surface area contributed by atoms with Crippen molar-refractivity contribution in [2.45, 2.75) is 91.9 Å². The highest BCUT2D eigenvalue weighted by Crippen LogP contribution is 2.68. The van der Waals surface area contributed by atoms with Crippen molar-refractivity contribution >= 4 is 11.8 Å². The van der Waals surface area contributed by atoms with E-state index in [1.807, 2.05) is 0 Å². The van der Waals surface area contributed by atoms with Crippen molar-refractivity contribution in [3.63, 3.8) is 0 Å². The first-order valence-corrected chi connectivity index (χ1v) is 12.7. The molecule has 1 unspecified atom stereocenters. The van der Waals surface area contributed by atoms with Gasteiger partial charge in [-0.25, -0.2) is 0 Å². The van der Waals surface area contributed by atoms with Crippen LogP contribution in [0.15, 0.2) is 11.3 Å². The molecule has 4 saturated carbocycles. The number of Topliss-reactive ketones (excluding diaryl/α,β-unsaturated/α-hetero) is 1. The molecule has 0 saturated heterocycles. The number of carbonyl (C=O) groups excluding carboxylic acids is 2. The molecule has 1 N–H and O–H groups in total. The summed E-state index contributed by atoms with van der Waals surface area (Å²) in [6.45, 7) is 8.88. The number of ether oxygens (including phenoxy) is 1. The molecule has 0 aromatic rings. The van der Waals surface area contributed by atoms with Gasteiger partial charge in [0.2, 0.25) is 0 Å². The molecule has 4 fully saturated rings. The van der Waals surface area contributed by atoms with Gasteiger partial charge in [0.05, 0.1) is 12.9 Å². The van der Waals surface area contributed by atoms with Gasteiger partial charge in [0.1, 0.15) is 0 Å². The van der Waals surface area contributed by atoms with Gasteiger partial charge >= 0.3 is 5.97 Å². The zero-order valence-electron chi connectivity index (χ0n) is 20.2. The van der Waals surface area contributed by atoms with Crippen molar-refractivity contribution in [3.8, 4) is 0 Å². The maximum Gasteiger partial charge on any atom is 0.305 e. The van der Waals surface area contributed by atoms with Crippen molar-refractivity contribution in [2.24, 2.45) is 46.3 Å². The molecule has 0 amide bonds. The fourth-order valence-electron chi connectivity index (χ4n) is 8.93. The van der Waals surface area contributed by atoms with Crippen molar-refractivity contribution in [2.75, 3.05) is 7.11 Å². The summed E-state index contributed by atoms with van der Waals surface area (Å²) in [5, 5.41) is 10.6. The highest BCUT2D eigenvalue weighted by atomic mass is 16.5. The minimum atomic E-state index is -0.123. The van der Waals surface area contributed by atoms with Crippen molar-refractivity contribution in [3.05, 3.63) is 11.3 Å². The van der Waals surface area contributed by atoms with E-state index in [0.717, 1.165) is 37.7 Å². The minimum absolute atomic E-state index is 0.0630. The topological polar surface area (TPSA) is 63.6 Å². The Bertz CT molecular complexity index is 765. The second-order valence-corrected chi connectivity index (χ2v) is 11.7. The number of methoxy groups -OCH3 is 1. The fraction of sp³-hybridized carbons (Fsp3) is 0.852. The van der Waals surface area contributed by atoms with Crippen LogP contribution >= 0.6 is 0 Å². The molecule has 0 radical (unpaired) electrons. The first-order valence-electron chi connectivity index (χ1n) is 12.7. The summed E-state index contributed by atoms with van der Waals surface area (Å²) in [6, 6.07) is 0. The van der Waals surface area contributed by atoms with Gasteiger partial charge in [0.25, 0.3) is 0 Å². The molecule has 0 spiro atoms. The Morgan fingerprint density at radius 1 is 1.10 bits per heavy atom. The van der Waals surface area contributed by atoms with Gasteiger partial charge in [-0.3, -0.25) is 9.59 Å². The Hall–Kier alpha value is -1.32. The number of hydrogen-bond donors (Lipinski definition) is 1. The Balaban J connectivity index is 1.64. The lowest BCUT2D eigenvalue weighted by atomic mass is 9.43. The van der Waals surface area contributed by atoms with E-state index in [4.69, 9.17) is 4.74 Å². The average Bonchev–Trinajstić information content (AvgIpc) is 3.09. The average molecular weight is 431 g/mol. The molecule has 4 rings (SSSR count). The zero-order valence-corrected chi connectivity index (χ0v) is 20.2. The van der Waals surface area contributed by atoms with Gasteiger partial charge in [0.15, 0.2) is 5.78 Å². The Kier molecular flexibility index (Phi) is 6.07. The quantitative estimate of drug-likeness (QED) is 0.325. The second kappa shape index (κ2) is 8.23. The normalized spacial score (nSPS) is 44.7. The summed E-state index contributed by atoms with van der Waals surface area (Å²) >= 11 is 0. The highest BCUT2D eigenvalue weighted by molar-refractivity contribution is 5.99. The van der Waals surface area contributed by atoms with Crippen molar-refractivity contribution < 1.29 is 19.4 Å². The Morgan fingerprint density at radius 2 is 1.81 bits per heavy atom. The summed E-state index contributed by atoms with van der Waals surface area (Å²) < 4.78 is 4.86. The number of rotatable bonds is 4. The van der Waals surface area contributed by atoms with E-state index in [0.29, 0.717) is 30.1 Å². The number of fused-ring (bicyclic) bond motifs is 5. The number of carbonyl (C=O) groups is 2. The van der Waals surface area contributed by atoms with Crippen LogP contribution in [0.25, 0.3) is 0 Å². The predicted molar refractivity (Wildman–Crippen MR) is 121 cm³/mol. The predicted octanol–water partition coefficient (Wildman–Crippen LogP) is 6.25. The fourth-order valence-corrected chi connectivity index (χ4v) is 8.93. The maximum absolute atomic E-state index is 13.9. The van der Waals surface area contributed by atoms with Crippen LogP contribution in [0.3, 0.4) is 0 Å². The third-order valence-electron chi connectivity index (χ3n) is 10.5. The van der Waals surface area contributed by atoms with Crippen LogP contribution < -0.4 is 0 Å². The molecule has 0 bridgehead atoms. The molecule has 174 valence electrons. The number of esters is 1. The maximum atomic E-state index is 13.9. The van der Waals surface area contributed by atoms with Crippen LogP contribution in [-0.2, 0) is 14.3 Å². The van der Waals surface area contributed by atoms with Gasteiger partial charge in [-0.2, -0.15) is 0 Å². The molecular formula is C27H42O4. The summed E-state index contributed by atoms with van der Waals surface area (Å²) in [6.07, 6.45) is 10.6. The molecule has 4 nitrogen and oxygen atoms in total. The molecule has 0 heterocycles. The van der Waals surface area contributed by atoms with Crippen LogP contribution in [0, 0.1) is 46.3 Å². The molecule has 4 aliphatic carbocycles. The number of ketones is 1. The first-order chi connectivity index (χ1) is 14.6. The van der Waals surface area contributed by atoms with Gasteiger partial charge in [-0.15, -0.1) is 0 Å². The first kappa shape index (κ1) is 22.9. The van der Waals surface area contributed by atoms with Crippen LogP contribution in [0.2, 0.25) is 0 Å². The third-order valence-corrected chi connectivity index (χ3v) is 10.5. The zero-order chi connectivity index (χ0) is 22.6. The molecule has 31 heavy (non-hydrogen) atoms.